The molecule has 1 aromatic carbocycles. The van der Waals surface area contributed by atoms with Gasteiger partial charge < -0.3 is 10.5 Å². The third-order valence-corrected chi connectivity index (χ3v) is 2.73. The number of hydrogen-bond acceptors (Lipinski definition) is 2. The molecule has 1 aromatic rings. The molecule has 1 unspecified atom stereocenters. The lowest BCUT2D eigenvalue weighted by molar-refractivity contribution is 0.204. The topological polar surface area (TPSA) is 59.1 Å². The van der Waals surface area contributed by atoms with Crippen molar-refractivity contribution in [1.82, 2.24) is 0 Å². The normalized spacial score (nSPS) is 12.5. The molecule has 1 atom stereocenters. The Balaban J connectivity index is 2.72. The van der Waals surface area contributed by atoms with E-state index in [-0.39, 0.29) is 11.9 Å². The van der Waals surface area contributed by atoms with E-state index in [4.69, 9.17) is 15.9 Å². The summed E-state index contributed by atoms with van der Waals surface area (Å²) in [5.74, 6) is 1.53. The van der Waals surface area contributed by atoms with E-state index in [1.165, 1.54) is 5.56 Å². The van der Waals surface area contributed by atoms with E-state index < -0.39 is 0 Å². The third kappa shape index (κ3) is 4.47. The molecule has 3 N–H and O–H groups in total. The predicted octanol–water partition coefficient (Wildman–Crippen LogP) is 3.29. The quantitative estimate of drug-likeness (QED) is 0.586. The van der Waals surface area contributed by atoms with Gasteiger partial charge in [0.05, 0.1) is 5.84 Å². The Morgan fingerprint density at radius 2 is 2.12 bits per heavy atom. The molecule has 0 aliphatic carbocycles. The Morgan fingerprint density at radius 3 is 2.65 bits per heavy atom. The monoisotopic (exact) mass is 234 g/mol. The van der Waals surface area contributed by atoms with Crippen molar-refractivity contribution in [2.75, 3.05) is 0 Å². The van der Waals surface area contributed by atoms with Crippen LogP contribution in [-0.2, 0) is 0 Å². The number of amidine groups is 1. The molecule has 0 heterocycles. The highest BCUT2D eigenvalue weighted by molar-refractivity contribution is 5.77. The maximum Gasteiger partial charge on any atom is 0.120 e. The Labute approximate surface area is 103 Å². The molecular formula is C14H22N2O. The zero-order valence-electron chi connectivity index (χ0n) is 10.9. The van der Waals surface area contributed by atoms with E-state index in [0.717, 1.165) is 12.2 Å². The van der Waals surface area contributed by atoms with Crippen LogP contribution >= 0.6 is 0 Å². The van der Waals surface area contributed by atoms with E-state index >= 15 is 0 Å². The Hall–Kier alpha value is -1.51. The molecule has 0 saturated carbocycles. The van der Waals surface area contributed by atoms with Crippen LogP contribution in [0.2, 0.25) is 0 Å². The molecule has 94 valence electrons. The second-order valence-electron chi connectivity index (χ2n) is 4.60. The van der Waals surface area contributed by atoms with Crippen molar-refractivity contribution in [3.05, 3.63) is 29.8 Å². The van der Waals surface area contributed by atoms with Gasteiger partial charge in [0, 0.05) is 6.42 Å². The molecular weight excluding hydrogens is 212 g/mol. The second-order valence-corrected chi connectivity index (χ2v) is 4.60. The lowest BCUT2D eigenvalue weighted by Crippen LogP contribution is -2.23. The lowest BCUT2D eigenvalue weighted by Gasteiger charge is -2.18. The molecule has 0 amide bonds. The number of rotatable bonds is 6. The van der Waals surface area contributed by atoms with Gasteiger partial charge in [-0.15, -0.1) is 0 Å². The van der Waals surface area contributed by atoms with Crippen LogP contribution in [0.3, 0.4) is 0 Å². The smallest absolute Gasteiger partial charge is 0.120 e. The highest BCUT2D eigenvalue weighted by Gasteiger charge is 2.10. The molecule has 0 radical (unpaired) electrons. The minimum absolute atomic E-state index is 0.00471. The summed E-state index contributed by atoms with van der Waals surface area (Å²) in [4.78, 5) is 0. The average Bonchev–Trinajstić information content (AvgIpc) is 2.28. The molecule has 3 nitrogen and oxygen atoms in total. The molecule has 0 spiro atoms. The fraction of sp³-hybridized carbons (Fsp3) is 0.500. The summed E-state index contributed by atoms with van der Waals surface area (Å²) in [6.07, 6.45) is 1.34. The molecule has 0 fully saturated rings. The van der Waals surface area contributed by atoms with Crippen LogP contribution in [0.4, 0.5) is 0 Å². The highest BCUT2D eigenvalue weighted by Crippen LogP contribution is 2.22. The van der Waals surface area contributed by atoms with Gasteiger partial charge in [0.15, 0.2) is 0 Å². The van der Waals surface area contributed by atoms with E-state index in [9.17, 15) is 0 Å². The number of ether oxygens (including phenoxy) is 1. The minimum Gasteiger partial charge on any atom is -0.490 e. The first-order chi connectivity index (χ1) is 8.02. The van der Waals surface area contributed by atoms with Gasteiger partial charge in [-0.1, -0.05) is 32.9 Å². The largest absolute Gasteiger partial charge is 0.490 e. The van der Waals surface area contributed by atoms with Crippen LogP contribution in [0.15, 0.2) is 24.3 Å². The summed E-state index contributed by atoms with van der Waals surface area (Å²) >= 11 is 0. The van der Waals surface area contributed by atoms with Crippen molar-refractivity contribution in [2.24, 2.45) is 5.73 Å². The highest BCUT2D eigenvalue weighted by atomic mass is 16.5. The van der Waals surface area contributed by atoms with Crippen molar-refractivity contribution < 1.29 is 4.74 Å². The number of nitrogens with one attached hydrogen (secondary N) is 1. The van der Waals surface area contributed by atoms with E-state index in [0.29, 0.717) is 12.3 Å². The molecule has 1 rings (SSSR count). The SMILES string of the molecule is CCC(CC(=N)N)Oc1cccc(C(C)C)c1. The standard InChI is InChI=1S/C14H22N2O/c1-4-12(9-14(15)16)17-13-7-5-6-11(8-13)10(2)3/h5-8,10,12H,4,9H2,1-3H3,(H3,15,16). The summed E-state index contributed by atoms with van der Waals surface area (Å²) in [6.45, 7) is 6.36. The van der Waals surface area contributed by atoms with Crippen LogP contribution in [0, 0.1) is 5.41 Å². The van der Waals surface area contributed by atoms with Crippen LogP contribution in [-0.4, -0.2) is 11.9 Å². The van der Waals surface area contributed by atoms with Crippen molar-refractivity contribution in [2.45, 2.75) is 45.6 Å². The van der Waals surface area contributed by atoms with Gasteiger partial charge in [-0.05, 0) is 30.0 Å². The molecule has 0 aromatic heterocycles. The van der Waals surface area contributed by atoms with Crippen molar-refractivity contribution in [1.29, 1.82) is 5.41 Å². The number of hydrogen-bond donors (Lipinski definition) is 2. The number of benzene rings is 1. The first-order valence-corrected chi connectivity index (χ1v) is 6.12. The van der Waals surface area contributed by atoms with Crippen LogP contribution in [0.1, 0.15) is 45.1 Å². The van der Waals surface area contributed by atoms with Gasteiger partial charge >= 0.3 is 0 Å². The Bertz CT molecular complexity index is 374. The average molecular weight is 234 g/mol. The summed E-state index contributed by atoms with van der Waals surface area (Å²) < 4.78 is 5.84. The Kier molecular flexibility index (Phi) is 5.01. The van der Waals surface area contributed by atoms with Gasteiger partial charge in [-0.2, -0.15) is 0 Å². The molecule has 0 aliphatic heterocycles. The summed E-state index contributed by atoms with van der Waals surface area (Å²) in [6, 6.07) is 8.12. The van der Waals surface area contributed by atoms with E-state index in [1.807, 2.05) is 19.1 Å². The predicted molar refractivity (Wildman–Crippen MR) is 71.8 cm³/mol. The van der Waals surface area contributed by atoms with E-state index in [1.54, 1.807) is 0 Å². The third-order valence-electron chi connectivity index (χ3n) is 2.73. The van der Waals surface area contributed by atoms with Gasteiger partial charge in [-0.25, -0.2) is 0 Å². The zero-order chi connectivity index (χ0) is 12.8. The summed E-state index contributed by atoms with van der Waals surface area (Å²) in [5.41, 5.74) is 6.67. The van der Waals surface area contributed by atoms with Crippen LogP contribution < -0.4 is 10.5 Å². The molecule has 17 heavy (non-hydrogen) atoms. The second kappa shape index (κ2) is 6.28. The van der Waals surface area contributed by atoms with Gasteiger partial charge in [0.25, 0.3) is 0 Å². The summed E-state index contributed by atoms with van der Waals surface area (Å²) in [5, 5.41) is 7.30. The zero-order valence-corrected chi connectivity index (χ0v) is 10.9. The number of nitrogens with two attached hydrogens (primary N) is 1. The Morgan fingerprint density at radius 1 is 1.41 bits per heavy atom. The first-order valence-electron chi connectivity index (χ1n) is 6.12. The van der Waals surface area contributed by atoms with Crippen molar-refractivity contribution >= 4 is 5.84 Å². The summed E-state index contributed by atoms with van der Waals surface area (Å²) in [7, 11) is 0. The van der Waals surface area contributed by atoms with Gasteiger partial charge in [0.1, 0.15) is 11.9 Å². The van der Waals surface area contributed by atoms with Gasteiger partial charge in [0.2, 0.25) is 0 Å². The maximum atomic E-state index is 7.30. The first kappa shape index (κ1) is 13.6. The van der Waals surface area contributed by atoms with Crippen LogP contribution in [0.5, 0.6) is 5.75 Å². The maximum absolute atomic E-state index is 7.30. The van der Waals surface area contributed by atoms with Gasteiger partial charge in [-0.3, -0.25) is 5.41 Å². The van der Waals surface area contributed by atoms with Crippen molar-refractivity contribution in [3.63, 3.8) is 0 Å². The fourth-order valence-corrected chi connectivity index (χ4v) is 1.65. The van der Waals surface area contributed by atoms with Crippen molar-refractivity contribution in [3.8, 4) is 5.75 Å². The molecule has 0 saturated heterocycles. The molecule has 0 aliphatic rings. The minimum atomic E-state index is -0.00471. The lowest BCUT2D eigenvalue weighted by atomic mass is 10.0. The van der Waals surface area contributed by atoms with E-state index in [2.05, 4.69) is 26.0 Å². The molecule has 0 bridgehead atoms. The fourth-order valence-electron chi connectivity index (χ4n) is 1.65. The molecule has 3 heteroatoms. The van der Waals surface area contributed by atoms with Crippen LogP contribution in [0.25, 0.3) is 0 Å².